The van der Waals surface area contributed by atoms with Crippen molar-refractivity contribution in [3.8, 4) is 0 Å². The summed E-state index contributed by atoms with van der Waals surface area (Å²) in [5, 5.41) is 11.3. The smallest absolute Gasteiger partial charge is 0.410 e. The summed E-state index contributed by atoms with van der Waals surface area (Å²) in [4.78, 5) is 38.1. The first-order valence-corrected chi connectivity index (χ1v) is 13.3. The van der Waals surface area contributed by atoms with Gasteiger partial charge in [-0.3, -0.25) is 4.79 Å². The molecule has 0 aliphatic rings. The molecule has 0 radical (unpaired) electrons. The van der Waals surface area contributed by atoms with Gasteiger partial charge in [0.25, 0.3) is 0 Å². The highest BCUT2D eigenvalue weighted by molar-refractivity contribution is 6.40. The van der Waals surface area contributed by atoms with Crippen LogP contribution in [0.5, 0.6) is 0 Å². The first kappa shape index (κ1) is 29.4. The minimum Gasteiger partial charge on any atom is -0.444 e. The van der Waals surface area contributed by atoms with Crippen molar-refractivity contribution in [2.24, 2.45) is 5.40 Å². The molecule has 0 spiro atoms. The molecule has 34 heavy (non-hydrogen) atoms. The van der Waals surface area contributed by atoms with Crippen LogP contribution in [0.3, 0.4) is 0 Å². The third-order valence-electron chi connectivity index (χ3n) is 4.59. The molecule has 192 valence electrons. The molecule has 0 aliphatic heterocycles. The van der Waals surface area contributed by atoms with Gasteiger partial charge in [-0.1, -0.05) is 31.2 Å². The van der Waals surface area contributed by atoms with Crippen LogP contribution in [-0.2, 0) is 27.4 Å². The number of nitrogens with two attached hydrogens (primary N) is 1. The van der Waals surface area contributed by atoms with Gasteiger partial charge in [-0.25, -0.2) is 9.59 Å². The minimum absolute atomic E-state index is 0.0191. The first-order chi connectivity index (χ1) is 15.7. The van der Waals surface area contributed by atoms with Gasteiger partial charge < -0.3 is 30.4 Å². The van der Waals surface area contributed by atoms with E-state index in [1.165, 1.54) is 0 Å². The largest absolute Gasteiger partial charge is 0.444 e. The Morgan fingerprint density at radius 3 is 2.06 bits per heavy atom. The fourth-order valence-electron chi connectivity index (χ4n) is 2.79. The van der Waals surface area contributed by atoms with Crippen LogP contribution >= 0.6 is 0 Å². The lowest BCUT2D eigenvalue weighted by Crippen LogP contribution is -2.38. The van der Waals surface area contributed by atoms with Gasteiger partial charge in [-0.15, -0.1) is 0 Å². The fraction of sp³-hybridized carbons (Fsp3) is 0.625. The molecular weight excluding hydrogens is 452 g/mol. The number of alkyl carbamates (subject to hydrolysis) is 1. The first-order valence-electron chi connectivity index (χ1n) is 11.7. The molecule has 0 heterocycles. The normalized spacial score (nSPS) is 12.8. The topological polar surface area (TPSA) is 123 Å². The summed E-state index contributed by atoms with van der Waals surface area (Å²) in [6, 6.07) is 7.72. The van der Waals surface area contributed by atoms with Crippen LogP contribution in [0.4, 0.5) is 9.59 Å². The van der Waals surface area contributed by atoms with E-state index >= 15 is 0 Å². The summed E-state index contributed by atoms with van der Waals surface area (Å²) < 4.78 is 10.8. The highest BCUT2D eigenvalue weighted by Gasteiger charge is 2.22. The Hall–Kier alpha value is -2.59. The molecule has 0 fully saturated rings. The van der Waals surface area contributed by atoms with Crippen molar-refractivity contribution in [2.75, 3.05) is 13.1 Å². The van der Waals surface area contributed by atoms with Crippen molar-refractivity contribution in [1.82, 2.24) is 15.5 Å². The Morgan fingerprint density at radius 1 is 0.971 bits per heavy atom. The van der Waals surface area contributed by atoms with E-state index in [1.54, 1.807) is 25.7 Å². The summed E-state index contributed by atoms with van der Waals surface area (Å²) in [6.07, 6.45) is -0.353. The van der Waals surface area contributed by atoms with Crippen molar-refractivity contribution in [1.29, 1.82) is 0 Å². The van der Waals surface area contributed by atoms with E-state index in [2.05, 4.69) is 10.6 Å². The summed E-state index contributed by atoms with van der Waals surface area (Å²) in [5.41, 5.74) is 0.630. The summed E-state index contributed by atoms with van der Waals surface area (Å²) in [5.74, 6) is -0.0191. The van der Waals surface area contributed by atoms with E-state index in [9.17, 15) is 14.4 Å². The lowest BCUT2D eigenvalue weighted by Gasteiger charge is -2.27. The van der Waals surface area contributed by atoms with Crippen molar-refractivity contribution >= 4 is 27.8 Å². The minimum atomic E-state index is -0.862. The molecule has 4 N–H and O–H groups in total. The quantitative estimate of drug-likeness (QED) is 0.339. The number of amides is 3. The number of carbonyl (C=O) groups excluding carboxylic acids is 3. The van der Waals surface area contributed by atoms with Crippen LogP contribution in [0, 0.1) is 0 Å². The second-order valence-corrected chi connectivity index (χ2v) is 12.1. The molecule has 1 rings (SSSR count). The second kappa shape index (κ2) is 13.3. The van der Waals surface area contributed by atoms with Gasteiger partial charge in [0, 0.05) is 31.7 Å². The van der Waals surface area contributed by atoms with Gasteiger partial charge in [0.2, 0.25) is 5.91 Å². The standard InChI is InChI=1S/C24H42N4O5Si/c1-17(34-25)20(29)27-15-18-9-11-19(12-10-18)16-28(22(31)33-24(5,6)7)14-8-13-26-21(30)32-23(2,3)4/h9-12,17H,8,13-16,25,34H2,1-7H3,(H,26,30)(H,27,29)/t17-/m0/s1. The van der Waals surface area contributed by atoms with Crippen molar-refractivity contribution in [3.63, 3.8) is 0 Å². The average Bonchev–Trinajstić information content (AvgIpc) is 2.71. The van der Waals surface area contributed by atoms with E-state index < -0.39 is 33.1 Å². The Morgan fingerprint density at radius 2 is 1.53 bits per heavy atom. The third-order valence-corrected chi connectivity index (χ3v) is 5.67. The molecule has 0 saturated heterocycles. The van der Waals surface area contributed by atoms with E-state index in [0.717, 1.165) is 11.1 Å². The lowest BCUT2D eigenvalue weighted by molar-refractivity contribution is -0.120. The van der Waals surface area contributed by atoms with Gasteiger partial charge in [0.05, 0.1) is 0 Å². The number of benzene rings is 1. The summed E-state index contributed by atoms with van der Waals surface area (Å²) in [7, 11) is -0.862. The molecule has 0 bridgehead atoms. The van der Waals surface area contributed by atoms with Crippen LogP contribution in [0.1, 0.15) is 66.0 Å². The van der Waals surface area contributed by atoms with Gasteiger partial charge in [0.1, 0.15) is 20.9 Å². The van der Waals surface area contributed by atoms with Gasteiger partial charge in [0.15, 0.2) is 0 Å². The number of hydrogen-bond acceptors (Lipinski definition) is 6. The predicted octanol–water partition coefficient (Wildman–Crippen LogP) is 2.81. The maximum absolute atomic E-state index is 12.8. The molecule has 0 unspecified atom stereocenters. The zero-order valence-corrected chi connectivity index (χ0v) is 23.1. The molecule has 0 aromatic heterocycles. The Kier molecular flexibility index (Phi) is 11.5. The Balaban J connectivity index is 2.70. The van der Waals surface area contributed by atoms with Crippen LogP contribution in [0.25, 0.3) is 0 Å². The van der Waals surface area contributed by atoms with Crippen molar-refractivity contribution < 1.29 is 23.9 Å². The Labute approximate surface area is 206 Å². The SMILES string of the molecule is C[C@H]([SiH2]N)C(=O)NCc1ccc(CN(CCCNC(=O)OC(C)(C)C)C(=O)OC(C)(C)C)cc1. The number of hydrogen-bond donors (Lipinski definition) is 3. The molecule has 3 amide bonds. The third kappa shape index (κ3) is 12.6. The maximum Gasteiger partial charge on any atom is 0.410 e. The van der Waals surface area contributed by atoms with Crippen molar-refractivity contribution in [2.45, 2.75) is 84.7 Å². The van der Waals surface area contributed by atoms with Crippen LogP contribution in [0.15, 0.2) is 24.3 Å². The molecule has 1 atom stereocenters. The van der Waals surface area contributed by atoms with E-state index in [1.807, 2.05) is 52.0 Å². The molecule has 10 heteroatoms. The molecular formula is C24H42N4O5Si. The van der Waals surface area contributed by atoms with E-state index in [-0.39, 0.29) is 11.4 Å². The monoisotopic (exact) mass is 494 g/mol. The van der Waals surface area contributed by atoms with E-state index in [4.69, 9.17) is 14.9 Å². The number of nitrogens with one attached hydrogen (secondary N) is 2. The molecule has 1 aromatic rings. The van der Waals surface area contributed by atoms with E-state index in [0.29, 0.717) is 32.6 Å². The molecule has 1 aromatic carbocycles. The van der Waals surface area contributed by atoms with Gasteiger partial charge in [-0.05, 0) is 59.1 Å². The van der Waals surface area contributed by atoms with Gasteiger partial charge >= 0.3 is 12.2 Å². The number of rotatable bonds is 10. The summed E-state index contributed by atoms with van der Waals surface area (Å²) in [6.45, 7) is 14.3. The Bertz CT molecular complexity index is 803. The number of carbonyl (C=O) groups is 3. The highest BCUT2D eigenvalue weighted by atomic mass is 28.2. The molecule has 9 nitrogen and oxygen atoms in total. The van der Waals surface area contributed by atoms with Gasteiger partial charge in [-0.2, -0.15) is 0 Å². The average molecular weight is 495 g/mol. The molecule has 0 aliphatic carbocycles. The highest BCUT2D eigenvalue weighted by Crippen LogP contribution is 2.14. The second-order valence-electron chi connectivity index (χ2n) is 10.4. The maximum atomic E-state index is 12.8. The van der Waals surface area contributed by atoms with Crippen LogP contribution < -0.4 is 16.0 Å². The predicted molar refractivity (Wildman–Crippen MR) is 136 cm³/mol. The van der Waals surface area contributed by atoms with Crippen LogP contribution in [0.2, 0.25) is 5.54 Å². The fourth-order valence-corrected chi connectivity index (χ4v) is 3.15. The number of nitrogens with zero attached hydrogens (tertiary/aromatic N) is 1. The molecule has 0 saturated carbocycles. The summed E-state index contributed by atoms with van der Waals surface area (Å²) >= 11 is 0. The van der Waals surface area contributed by atoms with Crippen molar-refractivity contribution in [3.05, 3.63) is 35.4 Å². The zero-order chi connectivity index (χ0) is 25.9. The lowest BCUT2D eigenvalue weighted by atomic mass is 10.1. The number of ether oxygens (including phenoxy) is 2. The zero-order valence-electron chi connectivity index (χ0n) is 21.7. The van der Waals surface area contributed by atoms with Crippen LogP contribution in [-0.4, -0.2) is 57.0 Å².